The molecule has 1 aliphatic heterocycles. The molecule has 1 aliphatic rings. The van der Waals surface area contributed by atoms with Crippen molar-refractivity contribution in [1.29, 1.82) is 0 Å². The van der Waals surface area contributed by atoms with Crippen molar-refractivity contribution in [2.24, 2.45) is 0 Å². The summed E-state index contributed by atoms with van der Waals surface area (Å²) in [4.78, 5) is 37.0. The zero-order chi connectivity index (χ0) is 21.6. The van der Waals surface area contributed by atoms with E-state index >= 15 is 0 Å². The zero-order valence-electron chi connectivity index (χ0n) is 16.4. The van der Waals surface area contributed by atoms with Gasteiger partial charge in [0.15, 0.2) is 18.1 Å². The van der Waals surface area contributed by atoms with Gasteiger partial charge in [-0.1, -0.05) is 42.5 Å². The topological polar surface area (TPSA) is 90.9 Å². The summed E-state index contributed by atoms with van der Waals surface area (Å²) in [5, 5.41) is 4.36. The van der Waals surface area contributed by atoms with E-state index in [0.29, 0.717) is 11.5 Å². The second kappa shape index (κ2) is 9.53. The maximum absolute atomic E-state index is 12.2. The van der Waals surface area contributed by atoms with Crippen LogP contribution < -0.4 is 14.8 Å². The molecule has 1 N–H and O–H groups in total. The molecule has 0 aromatic heterocycles. The van der Waals surface area contributed by atoms with Crippen molar-refractivity contribution in [3.05, 3.63) is 66.7 Å². The van der Waals surface area contributed by atoms with Crippen molar-refractivity contribution >= 4 is 40.3 Å². The van der Waals surface area contributed by atoms with Gasteiger partial charge in [-0.3, -0.25) is 19.7 Å². The number of carbonyl (C=O) groups excluding carboxylic acids is 3. The van der Waals surface area contributed by atoms with Crippen LogP contribution in [0.25, 0.3) is 10.8 Å². The summed E-state index contributed by atoms with van der Waals surface area (Å²) in [7, 11) is 0. The van der Waals surface area contributed by atoms with Gasteiger partial charge in [-0.15, -0.1) is 11.8 Å². The van der Waals surface area contributed by atoms with Gasteiger partial charge in [0.2, 0.25) is 6.10 Å². The number of ether oxygens (including phenoxy) is 3. The van der Waals surface area contributed by atoms with Gasteiger partial charge in [0.05, 0.1) is 5.75 Å². The molecule has 7 nitrogen and oxygen atoms in total. The van der Waals surface area contributed by atoms with Crippen LogP contribution in [0, 0.1) is 0 Å². The van der Waals surface area contributed by atoms with Crippen LogP contribution >= 0.6 is 11.8 Å². The Bertz CT molecular complexity index is 1130. The van der Waals surface area contributed by atoms with Crippen molar-refractivity contribution in [3.8, 4) is 11.5 Å². The van der Waals surface area contributed by atoms with Crippen LogP contribution in [0.3, 0.4) is 0 Å². The lowest BCUT2D eigenvalue weighted by Gasteiger charge is -2.25. The number of esters is 1. The maximum Gasteiger partial charge on any atom is 0.316 e. The maximum atomic E-state index is 12.2. The largest absolute Gasteiger partial charge is 0.485 e. The fourth-order valence-electron chi connectivity index (χ4n) is 2.99. The van der Waals surface area contributed by atoms with Gasteiger partial charge in [-0.25, -0.2) is 0 Å². The standard InChI is InChI=1S/C23H19NO6S/c25-21(24-23(27)20-12-28-18-7-3-4-8-19(18)30-20)13-29-22(26)14-31-17-10-9-15-5-1-2-6-16(15)11-17/h1-11,20H,12-14H2,(H,24,25,27)/t20-/m1/s1. The van der Waals surface area contributed by atoms with Gasteiger partial charge < -0.3 is 14.2 Å². The van der Waals surface area contributed by atoms with E-state index in [1.54, 1.807) is 24.3 Å². The fourth-order valence-corrected chi connectivity index (χ4v) is 3.73. The van der Waals surface area contributed by atoms with Crippen LogP contribution in [0.15, 0.2) is 71.6 Å². The van der Waals surface area contributed by atoms with Gasteiger partial charge in [-0.05, 0) is 35.0 Å². The van der Waals surface area contributed by atoms with E-state index in [1.807, 2.05) is 42.5 Å². The van der Waals surface area contributed by atoms with E-state index < -0.39 is 30.5 Å². The Labute approximate surface area is 182 Å². The highest BCUT2D eigenvalue weighted by Crippen LogP contribution is 2.30. The molecular weight excluding hydrogens is 418 g/mol. The number of hydrogen-bond donors (Lipinski definition) is 1. The molecule has 0 bridgehead atoms. The van der Waals surface area contributed by atoms with Gasteiger partial charge >= 0.3 is 5.97 Å². The number of rotatable bonds is 6. The molecule has 2 amide bonds. The first-order chi connectivity index (χ1) is 15.1. The number of imide groups is 1. The number of carbonyl (C=O) groups is 3. The second-order valence-electron chi connectivity index (χ2n) is 6.73. The van der Waals surface area contributed by atoms with Crippen LogP contribution in [-0.2, 0) is 19.1 Å². The predicted molar refractivity (Wildman–Crippen MR) is 115 cm³/mol. The van der Waals surface area contributed by atoms with Gasteiger partial charge in [0, 0.05) is 4.90 Å². The Morgan fingerprint density at radius 3 is 2.55 bits per heavy atom. The fraction of sp³-hybridized carbons (Fsp3) is 0.174. The Hall–Kier alpha value is -3.52. The molecule has 3 aromatic carbocycles. The molecule has 0 unspecified atom stereocenters. The second-order valence-corrected chi connectivity index (χ2v) is 7.78. The molecule has 0 aliphatic carbocycles. The molecule has 1 atom stereocenters. The summed E-state index contributed by atoms with van der Waals surface area (Å²) < 4.78 is 16.0. The third kappa shape index (κ3) is 5.35. The highest BCUT2D eigenvalue weighted by Gasteiger charge is 2.28. The monoisotopic (exact) mass is 437 g/mol. The summed E-state index contributed by atoms with van der Waals surface area (Å²) >= 11 is 1.32. The minimum atomic E-state index is -0.960. The first kappa shape index (κ1) is 20.7. The Balaban J connectivity index is 1.20. The molecule has 0 spiro atoms. The minimum absolute atomic E-state index is 0.0156. The van der Waals surface area contributed by atoms with E-state index in [9.17, 15) is 14.4 Å². The lowest BCUT2D eigenvalue weighted by atomic mass is 10.1. The highest BCUT2D eigenvalue weighted by molar-refractivity contribution is 8.00. The third-order valence-electron chi connectivity index (χ3n) is 4.51. The van der Waals surface area contributed by atoms with Crippen molar-refractivity contribution in [2.45, 2.75) is 11.0 Å². The third-order valence-corrected chi connectivity index (χ3v) is 5.47. The predicted octanol–water partition coefficient (Wildman–Crippen LogP) is 2.96. The van der Waals surface area contributed by atoms with Crippen molar-refractivity contribution in [1.82, 2.24) is 5.32 Å². The summed E-state index contributed by atoms with van der Waals surface area (Å²) in [5.74, 6) is -0.908. The quantitative estimate of drug-likeness (QED) is 0.468. The summed E-state index contributed by atoms with van der Waals surface area (Å²) in [6.45, 7) is -0.564. The normalized spacial score (nSPS) is 14.6. The van der Waals surface area contributed by atoms with Crippen LogP contribution in [0.1, 0.15) is 0 Å². The average Bonchev–Trinajstić information content (AvgIpc) is 2.81. The highest BCUT2D eigenvalue weighted by atomic mass is 32.2. The molecule has 0 fully saturated rings. The molecule has 1 heterocycles. The molecule has 3 aromatic rings. The van der Waals surface area contributed by atoms with Gasteiger partial charge in [0.25, 0.3) is 11.8 Å². The van der Waals surface area contributed by atoms with Gasteiger partial charge in [0.1, 0.15) is 6.61 Å². The van der Waals surface area contributed by atoms with Crippen LogP contribution in [0.4, 0.5) is 0 Å². The smallest absolute Gasteiger partial charge is 0.316 e. The summed E-state index contributed by atoms with van der Waals surface area (Å²) in [6, 6.07) is 20.8. The first-order valence-corrected chi connectivity index (χ1v) is 10.6. The molecular formula is C23H19NO6S. The lowest BCUT2D eigenvalue weighted by Crippen LogP contribution is -2.47. The number of fused-ring (bicyclic) bond motifs is 2. The number of amides is 2. The van der Waals surface area contributed by atoms with Crippen LogP contribution in [0.5, 0.6) is 11.5 Å². The number of thioether (sulfide) groups is 1. The van der Waals surface area contributed by atoms with Gasteiger partial charge in [-0.2, -0.15) is 0 Å². The minimum Gasteiger partial charge on any atom is -0.485 e. The summed E-state index contributed by atoms with van der Waals surface area (Å²) in [5.41, 5.74) is 0. The number of hydrogen-bond acceptors (Lipinski definition) is 7. The van der Waals surface area contributed by atoms with E-state index in [2.05, 4.69) is 5.32 Å². The number of nitrogens with one attached hydrogen (secondary N) is 1. The average molecular weight is 437 g/mol. The summed E-state index contributed by atoms with van der Waals surface area (Å²) in [6.07, 6.45) is -0.960. The molecule has 31 heavy (non-hydrogen) atoms. The zero-order valence-corrected chi connectivity index (χ0v) is 17.2. The Kier molecular flexibility index (Phi) is 6.37. The van der Waals surface area contributed by atoms with Crippen molar-refractivity contribution in [2.75, 3.05) is 19.0 Å². The number of para-hydroxylation sites is 2. The van der Waals surface area contributed by atoms with Crippen LogP contribution in [0.2, 0.25) is 0 Å². The molecule has 8 heteroatoms. The van der Waals surface area contributed by atoms with Crippen LogP contribution in [-0.4, -0.2) is 42.9 Å². The van der Waals surface area contributed by atoms with E-state index in [4.69, 9.17) is 14.2 Å². The first-order valence-electron chi connectivity index (χ1n) is 9.58. The van der Waals surface area contributed by atoms with Crippen molar-refractivity contribution < 1.29 is 28.6 Å². The Morgan fingerprint density at radius 2 is 1.71 bits per heavy atom. The molecule has 0 saturated carbocycles. The van der Waals surface area contributed by atoms with E-state index in [-0.39, 0.29) is 12.4 Å². The Morgan fingerprint density at radius 1 is 0.968 bits per heavy atom. The van der Waals surface area contributed by atoms with E-state index in [1.165, 1.54) is 11.8 Å². The molecule has 4 rings (SSSR count). The van der Waals surface area contributed by atoms with E-state index in [0.717, 1.165) is 15.7 Å². The molecule has 158 valence electrons. The SMILES string of the molecule is O=C(COC(=O)CSc1ccc2ccccc2c1)NC(=O)[C@H]1COc2ccccc2O1. The van der Waals surface area contributed by atoms with Crippen molar-refractivity contribution in [3.63, 3.8) is 0 Å². The molecule has 0 radical (unpaired) electrons. The number of benzene rings is 3. The molecule has 0 saturated heterocycles. The lowest BCUT2D eigenvalue weighted by molar-refractivity contribution is -0.148.